The van der Waals surface area contributed by atoms with Crippen molar-refractivity contribution >= 4 is 47.0 Å². The molecule has 0 radical (unpaired) electrons. The summed E-state index contributed by atoms with van der Waals surface area (Å²) in [6.45, 7) is 15.8. The molecule has 0 spiro atoms. The van der Waals surface area contributed by atoms with Crippen LogP contribution < -0.4 is 20.4 Å². The van der Waals surface area contributed by atoms with Gasteiger partial charge < -0.3 is 30.2 Å². The highest BCUT2D eigenvalue weighted by atomic mass is 32.2. The molecular formula is C44H60N12O2S2. The average Bonchev–Trinajstić information content (AvgIpc) is 4.16. The maximum atomic E-state index is 12.7. The standard InChI is InChI=1S/2C22H30N6OS/c2*1-17-13-21(28(24-17)18-5-3-2-4-6-18)26-9-7-25(8-10-26)19-14-20(23-15-19)22(29)27-11-12-30-16-27/h2*2-6,13,19-20,23H,7-12,14-16H2,1H3/t2*19-,20-/m00/s1. The van der Waals surface area contributed by atoms with Gasteiger partial charge in [0, 0.05) is 114 Å². The Morgan fingerprint density at radius 1 is 0.567 bits per heavy atom. The van der Waals surface area contributed by atoms with E-state index in [1.54, 1.807) is 0 Å². The van der Waals surface area contributed by atoms with Crippen molar-refractivity contribution in [2.24, 2.45) is 0 Å². The highest BCUT2D eigenvalue weighted by Gasteiger charge is 2.38. The number of para-hydroxylation sites is 2. The average molecular weight is 853 g/mol. The number of aromatic nitrogens is 4. The van der Waals surface area contributed by atoms with Crippen LogP contribution in [-0.2, 0) is 9.59 Å². The number of benzene rings is 2. The first-order valence-electron chi connectivity index (χ1n) is 21.8. The smallest absolute Gasteiger partial charge is 0.240 e. The first-order valence-corrected chi connectivity index (χ1v) is 24.1. The minimum absolute atomic E-state index is 0.00566. The van der Waals surface area contributed by atoms with Crippen LogP contribution in [-0.4, -0.2) is 177 Å². The molecule has 60 heavy (non-hydrogen) atoms. The fourth-order valence-electron chi connectivity index (χ4n) is 9.56. The Balaban J connectivity index is 0.000000154. The molecule has 0 saturated carbocycles. The van der Waals surface area contributed by atoms with Gasteiger partial charge in [0.25, 0.3) is 0 Å². The number of piperazine rings is 2. The number of hydrogen-bond donors (Lipinski definition) is 2. The molecule has 4 aromatic rings. The van der Waals surface area contributed by atoms with E-state index in [2.05, 4.69) is 114 Å². The minimum atomic E-state index is -0.00566. The maximum Gasteiger partial charge on any atom is 0.240 e. The molecule has 0 aliphatic carbocycles. The van der Waals surface area contributed by atoms with Gasteiger partial charge in [0.1, 0.15) is 11.6 Å². The summed E-state index contributed by atoms with van der Waals surface area (Å²) < 4.78 is 4.12. The molecule has 14 nitrogen and oxygen atoms in total. The van der Waals surface area contributed by atoms with Crippen LogP contribution in [0.15, 0.2) is 72.8 Å². The van der Waals surface area contributed by atoms with Crippen molar-refractivity contribution in [2.75, 3.05) is 112 Å². The Kier molecular flexibility index (Phi) is 13.0. The summed E-state index contributed by atoms with van der Waals surface area (Å²) in [5.74, 6) is 6.78. The Labute approximate surface area is 363 Å². The molecule has 2 N–H and O–H groups in total. The number of nitrogens with zero attached hydrogens (tertiary/aromatic N) is 10. The Morgan fingerprint density at radius 3 is 1.33 bits per heavy atom. The van der Waals surface area contributed by atoms with E-state index < -0.39 is 0 Å². The molecule has 6 aliphatic heterocycles. The number of hydrogen-bond acceptors (Lipinski definition) is 12. The molecule has 320 valence electrons. The van der Waals surface area contributed by atoms with Gasteiger partial charge in [-0.3, -0.25) is 19.4 Å². The van der Waals surface area contributed by atoms with E-state index in [4.69, 9.17) is 10.2 Å². The molecule has 16 heteroatoms. The molecule has 6 aliphatic rings. The molecule has 8 heterocycles. The van der Waals surface area contributed by atoms with Crippen LogP contribution in [0.25, 0.3) is 11.4 Å². The number of carbonyl (C=O) groups excluding carboxylic acids is 2. The van der Waals surface area contributed by atoms with Crippen molar-refractivity contribution < 1.29 is 9.59 Å². The summed E-state index contributed by atoms with van der Waals surface area (Å²) in [7, 11) is 0. The van der Waals surface area contributed by atoms with Crippen molar-refractivity contribution in [3.05, 3.63) is 84.2 Å². The van der Waals surface area contributed by atoms with Gasteiger partial charge in [0.2, 0.25) is 11.8 Å². The molecule has 6 fully saturated rings. The second-order valence-corrected chi connectivity index (χ2v) is 19.0. The molecule has 4 atom stereocenters. The van der Waals surface area contributed by atoms with E-state index in [1.165, 1.54) is 11.6 Å². The van der Waals surface area contributed by atoms with Crippen LogP contribution in [0.1, 0.15) is 24.2 Å². The third kappa shape index (κ3) is 9.24. The highest BCUT2D eigenvalue weighted by Crippen LogP contribution is 2.27. The summed E-state index contributed by atoms with van der Waals surface area (Å²) in [5.41, 5.74) is 4.28. The summed E-state index contributed by atoms with van der Waals surface area (Å²) in [5, 5.41) is 16.4. The van der Waals surface area contributed by atoms with Crippen LogP contribution in [0.3, 0.4) is 0 Å². The van der Waals surface area contributed by atoms with Gasteiger partial charge in [0.15, 0.2) is 0 Å². The van der Waals surface area contributed by atoms with Gasteiger partial charge in [-0.15, -0.1) is 23.5 Å². The summed E-state index contributed by atoms with van der Waals surface area (Å²) in [6, 6.07) is 26.0. The maximum absolute atomic E-state index is 12.7. The van der Waals surface area contributed by atoms with Gasteiger partial charge in [-0.2, -0.15) is 10.2 Å². The SMILES string of the molecule is Cc1cc(N2CCN([C@@H]3CN[C@H](C(=O)N4CCSC4)C3)CC2)n(-c2ccccc2)n1.Cc1cc(N2CCN([C@@H]3CN[C@H](C(=O)N4CCSC4)C3)CC2)n(-c2ccccc2)n1. The fraction of sp³-hybridized carbons (Fsp3) is 0.545. The second kappa shape index (κ2) is 18.9. The summed E-state index contributed by atoms with van der Waals surface area (Å²) in [4.78, 5) is 39.4. The molecule has 10 rings (SSSR count). The highest BCUT2D eigenvalue weighted by molar-refractivity contribution is 7.99. The molecule has 6 saturated heterocycles. The van der Waals surface area contributed by atoms with E-state index in [-0.39, 0.29) is 12.1 Å². The van der Waals surface area contributed by atoms with Gasteiger partial charge >= 0.3 is 0 Å². The largest absolute Gasteiger partial charge is 0.354 e. The van der Waals surface area contributed by atoms with Crippen molar-refractivity contribution in [3.8, 4) is 11.4 Å². The Morgan fingerprint density at radius 2 is 0.967 bits per heavy atom. The predicted molar refractivity (Wildman–Crippen MR) is 243 cm³/mol. The van der Waals surface area contributed by atoms with Crippen molar-refractivity contribution in [3.63, 3.8) is 0 Å². The minimum Gasteiger partial charge on any atom is -0.354 e. The third-order valence-electron chi connectivity index (χ3n) is 12.9. The topological polar surface area (TPSA) is 113 Å². The first-order chi connectivity index (χ1) is 29.4. The third-order valence-corrected chi connectivity index (χ3v) is 14.8. The lowest BCUT2D eigenvalue weighted by atomic mass is 10.1. The van der Waals surface area contributed by atoms with E-state index in [0.29, 0.717) is 23.9 Å². The Hall–Kier alpha value is -4.06. The lowest BCUT2D eigenvalue weighted by molar-refractivity contribution is -0.132. The first kappa shape index (κ1) is 41.3. The molecule has 0 unspecified atom stereocenters. The van der Waals surface area contributed by atoms with Crippen LogP contribution in [0.5, 0.6) is 0 Å². The number of carbonyl (C=O) groups is 2. The lowest BCUT2D eigenvalue weighted by Crippen LogP contribution is -2.51. The number of nitrogens with one attached hydrogen (secondary N) is 2. The fourth-order valence-corrected chi connectivity index (χ4v) is 11.5. The molecule has 2 aromatic heterocycles. The monoisotopic (exact) mass is 852 g/mol. The normalized spacial score (nSPS) is 25.2. The number of amides is 2. The van der Waals surface area contributed by atoms with Crippen LogP contribution >= 0.6 is 23.5 Å². The van der Waals surface area contributed by atoms with Crippen molar-refractivity contribution in [1.29, 1.82) is 0 Å². The van der Waals surface area contributed by atoms with E-state index in [9.17, 15) is 9.59 Å². The van der Waals surface area contributed by atoms with Crippen LogP contribution in [0, 0.1) is 13.8 Å². The van der Waals surface area contributed by atoms with Gasteiger partial charge in [0.05, 0.1) is 46.6 Å². The van der Waals surface area contributed by atoms with Gasteiger partial charge in [-0.05, 0) is 51.0 Å². The molecule has 2 amide bonds. The zero-order chi connectivity index (χ0) is 41.0. The lowest BCUT2D eigenvalue weighted by Gasteiger charge is -2.38. The molecule has 2 aromatic carbocycles. The number of anilines is 2. The van der Waals surface area contributed by atoms with E-state index >= 15 is 0 Å². The summed E-state index contributed by atoms with van der Waals surface area (Å²) in [6.07, 6.45) is 1.86. The van der Waals surface area contributed by atoms with Gasteiger partial charge in [-0.1, -0.05) is 36.4 Å². The van der Waals surface area contributed by atoms with Gasteiger partial charge in [-0.25, -0.2) is 9.36 Å². The second-order valence-electron chi connectivity index (χ2n) is 16.8. The van der Waals surface area contributed by atoms with E-state index in [1.807, 2.05) is 45.5 Å². The molecule has 0 bridgehead atoms. The predicted octanol–water partition coefficient (Wildman–Crippen LogP) is 3.13. The quantitative estimate of drug-likeness (QED) is 0.272. The van der Waals surface area contributed by atoms with E-state index in [0.717, 1.165) is 137 Å². The summed E-state index contributed by atoms with van der Waals surface area (Å²) >= 11 is 3.70. The van der Waals surface area contributed by atoms with Crippen molar-refractivity contribution in [1.82, 2.24) is 49.8 Å². The number of aryl methyl sites for hydroxylation is 2. The van der Waals surface area contributed by atoms with Crippen LogP contribution in [0.4, 0.5) is 11.6 Å². The molecular weight excluding hydrogens is 793 g/mol. The number of thioether (sulfide) groups is 2. The van der Waals surface area contributed by atoms with Crippen molar-refractivity contribution in [2.45, 2.75) is 50.9 Å². The zero-order valence-corrected chi connectivity index (χ0v) is 36.7. The van der Waals surface area contributed by atoms with Crippen LogP contribution in [0.2, 0.25) is 0 Å². The zero-order valence-electron chi connectivity index (χ0n) is 35.1. The number of rotatable bonds is 8. The Bertz CT molecular complexity index is 1890.